The first kappa shape index (κ1) is 24.1. The van der Waals surface area contributed by atoms with Crippen LogP contribution in [0.3, 0.4) is 0 Å². The molecule has 0 aliphatic heterocycles. The van der Waals surface area contributed by atoms with Crippen LogP contribution in [0.5, 0.6) is 0 Å². The van der Waals surface area contributed by atoms with Gasteiger partial charge in [-0.1, -0.05) is 19.9 Å². The molecule has 2 amide bonds. The van der Waals surface area contributed by atoms with Gasteiger partial charge in [0.25, 0.3) is 0 Å². The third kappa shape index (κ3) is 6.67. The molecule has 0 radical (unpaired) electrons. The van der Waals surface area contributed by atoms with Gasteiger partial charge in [0.1, 0.15) is 6.10 Å². The lowest BCUT2D eigenvalue weighted by Crippen LogP contribution is -2.45. The fourth-order valence-electron chi connectivity index (χ4n) is 3.88. The fraction of sp³-hybridized carbons (Fsp3) is 0.591. The summed E-state index contributed by atoms with van der Waals surface area (Å²) in [6, 6.07) is 0.852. The Balaban J connectivity index is 2.23. The number of allylic oxidation sites excluding steroid dienone is 1. The number of nitrogens with one attached hydrogen (secondary N) is 2. The Morgan fingerprint density at radius 3 is 2.50 bits per heavy atom. The van der Waals surface area contributed by atoms with E-state index in [1.54, 1.807) is 23.0 Å². The highest BCUT2D eigenvalue weighted by Gasteiger charge is 2.36. The SMILES string of the molecule is C=CC[C@H](C(=O)NO)[C@@H](CC(C)C)C(=O)NC(C(=O)OC1CCCC1)c1ccsc1. The number of esters is 1. The second kappa shape index (κ2) is 11.9. The molecule has 3 N–H and O–H groups in total. The Labute approximate surface area is 181 Å². The van der Waals surface area contributed by atoms with Crippen LogP contribution in [-0.4, -0.2) is 29.1 Å². The maximum absolute atomic E-state index is 13.3. The van der Waals surface area contributed by atoms with Gasteiger partial charge in [-0.15, -0.1) is 6.58 Å². The summed E-state index contributed by atoms with van der Waals surface area (Å²) < 4.78 is 5.65. The van der Waals surface area contributed by atoms with Gasteiger partial charge in [-0.2, -0.15) is 11.3 Å². The molecule has 1 aliphatic rings. The lowest BCUT2D eigenvalue weighted by Gasteiger charge is -2.27. The largest absolute Gasteiger partial charge is 0.461 e. The molecule has 7 nitrogen and oxygen atoms in total. The Bertz CT molecular complexity index is 713. The van der Waals surface area contributed by atoms with Crippen molar-refractivity contribution in [2.24, 2.45) is 17.8 Å². The second-order valence-corrected chi connectivity index (χ2v) is 8.96. The van der Waals surface area contributed by atoms with Crippen molar-refractivity contribution in [3.8, 4) is 0 Å². The molecule has 0 bridgehead atoms. The second-order valence-electron chi connectivity index (χ2n) is 8.18. The molecule has 1 aliphatic carbocycles. The molecule has 8 heteroatoms. The van der Waals surface area contributed by atoms with E-state index in [2.05, 4.69) is 11.9 Å². The first-order valence-corrected chi connectivity index (χ1v) is 11.4. The van der Waals surface area contributed by atoms with Gasteiger partial charge in [0, 0.05) is 0 Å². The zero-order valence-corrected chi connectivity index (χ0v) is 18.5. The number of hydroxylamine groups is 1. The number of rotatable bonds is 11. The Hall–Kier alpha value is -2.19. The fourth-order valence-corrected chi connectivity index (χ4v) is 4.57. The topological polar surface area (TPSA) is 105 Å². The summed E-state index contributed by atoms with van der Waals surface area (Å²) in [5.74, 6) is -2.93. The molecule has 1 fully saturated rings. The van der Waals surface area contributed by atoms with Crippen molar-refractivity contribution >= 4 is 29.1 Å². The highest BCUT2D eigenvalue weighted by atomic mass is 32.1. The zero-order chi connectivity index (χ0) is 22.1. The number of amides is 2. The molecule has 166 valence electrons. The number of carbonyl (C=O) groups excluding carboxylic acids is 3. The number of hydrogen-bond donors (Lipinski definition) is 3. The van der Waals surface area contributed by atoms with Crippen molar-refractivity contribution in [1.82, 2.24) is 10.8 Å². The molecular formula is C22H32N2O5S. The predicted molar refractivity (Wildman–Crippen MR) is 115 cm³/mol. The molecule has 0 aromatic carbocycles. The molecule has 0 saturated heterocycles. The molecule has 1 heterocycles. The van der Waals surface area contributed by atoms with E-state index in [4.69, 9.17) is 9.94 Å². The Morgan fingerprint density at radius 2 is 1.97 bits per heavy atom. The molecule has 3 atom stereocenters. The minimum absolute atomic E-state index is 0.115. The maximum atomic E-state index is 13.3. The monoisotopic (exact) mass is 436 g/mol. The summed E-state index contributed by atoms with van der Waals surface area (Å²) in [6.45, 7) is 7.56. The lowest BCUT2D eigenvalue weighted by molar-refractivity contribution is -0.153. The van der Waals surface area contributed by atoms with Gasteiger partial charge in [0.2, 0.25) is 11.8 Å². The van der Waals surface area contributed by atoms with Crippen LogP contribution in [0, 0.1) is 17.8 Å². The van der Waals surface area contributed by atoms with Crippen LogP contribution in [0.15, 0.2) is 29.5 Å². The summed E-state index contributed by atoms with van der Waals surface area (Å²) in [6.07, 6.45) is 5.82. The van der Waals surface area contributed by atoms with Gasteiger partial charge in [0.05, 0.1) is 11.8 Å². The van der Waals surface area contributed by atoms with Crippen molar-refractivity contribution in [2.75, 3.05) is 0 Å². The summed E-state index contributed by atoms with van der Waals surface area (Å²) in [4.78, 5) is 38.4. The minimum Gasteiger partial charge on any atom is -0.461 e. The summed E-state index contributed by atoms with van der Waals surface area (Å²) in [7, 11) is 0. The van der Waals surface area contributed by atoms with Gasteiger partial charge >= 0.3 is 5.97 Å². The number of hydrogen-bond acceptors (Lipinski definition) is 6. The van der Waals surface area contributed by atoms with E-state index in [9.17, 15) is 14.4 Å². The van der Waals surface area contributed by atoms with Crippen molar-refractivity contribution in [3.63, 3.8) is 0 Å². The molecule has 1 aromatic heterocycles. The van der Waals surface area contributed by atoms with E-state index in [1.165, 1.54) is 11.3 Å². The smallest absolute Gasteiger partial charge is 0.333 e. The quantitative estimate of drug-likeness (QED) is 0.212. The van der Waals surface area contributed by atoms with Crippen molar-refractivity contribution in [1.29, 1.82) is 0 Å². The van der Waals surface area contributed by atoms with Gasteiger partial charge in [0.15, 0.2) is 6.04 Å². The number of ether oxygens (including phenoxy) is 1. The van der Waals surface area contributed by atoms with Crippen LogP contribution < -0.4 is 10.8 Å². The Morgan fingerprint density at radius 1 is 1.27 bits per heavy atom. The van der Waals surface area contributed by atoms with E-state index < -0.39 is 35.7 Å². The van der Waals surface area contributed by atoms with E-state index in [1.807, 2.05) is 19.2 Å². The standard InChI is InChI=1S/C22H32N2O5S/c1-4-7-17(21(26)24-28)18(12-14(2)3)20(25)23-19(15-10-11-30-13-15)22(27)29-16-8-5-6-9-16/h4,10-11,13-14,16-19,28H,1,5-9,12H2,2-3H3,(H,23,25)(H,24,26)/t17-,18+,19?/m0/s1. The van der Waals surface area contributed by atoms with Crippen LogP contribution in [0.2, 0.25) is 0 Å². The Kier molecular flexibility index (Phi) is 9.52. The normalized spacial score (nSPS) is 17.2. The lowest BCUT2D eigenvalue weighted by atomic mass is 9.82. The minimum atomic E-state index is -0.930. The van der Waals surface area contributed by atoms with Crippen LogP contribution >= 0.6 is 11.3 Å². The molecule has 0 spiro atoms. The average molecular weight is 437 g/mol. The van der Waals surface area contributed by atoms with Gasteiger partial charge in [-0.3, -0.25) is 14.8 Å². The number of carbonyl (C=O) groups is 3. The van der Waals surface area contributed by atoms with Crippen molar-refractivity contribution in [2.45, 2.75) is 64.5 Å². The predicted octanol–water partition coefficient (Wildman–Crippen LogP) is 3.75. The van der Waals surface area contributed by atoms with Gasteiger partial charge < -0.3 is 10.1 Å². The van der Waals surface area contributed by atoms with Crippen LogP contribution in [0.25, 0.3) is 0 Å². The summed E-state index contributed by atoms with van der Waals surface area (Å²) >= 11 is 1.43. The van der Waals surface area contributed by atoms with Crippen molar-refractivity contribution in [3.05, 3.63) is 35.0 Å². The average Bonchev–Trinajstić information content (AvgIpc) is 3.41. The van der Waals surface area contributed by atoms with Crippen LogP contribution in [0.4, 0.5) is 0 Å². The third-order valence-electron chi connectivity index (χ3n) is 5.40. The highest BCUT2D eigenvalue weighted by molar-refractivity contribution is 7.08. The zero-order valence-electron chi connectivity index (χ0n) is 17.6. The molecular weight excluding hydrogens is 404 g/mol. The molecule has 30 heavy (non-hydrogen) atoms. The van der Waals surface area contributed by atoms with E-state index in [-0.39, 0.29) is 18.4 Å². The first-order chi connectivity index (χ1) is 14.4. The molecule has 1 unspecified atom stereocenters. The highest BCUT2D eigenvalue weighted by Crippen LogP contribution is 2.28. The van der Waals surface area contributed by atoms with Crippen LogP contribution in [-0.2, 0) is 19.1 Å². The first-order valence-electron chi connectivity index (χ1n) is 10.4. The van der Waals surface area contributed by atoms with E-state index in [0.717, 1.165) is 25.7 Å². The number of thiophene rings is 1. The molecule has 1 saturated carbocycles. The molecule has 1 aromatic rings. The van der Waals surface area contributed by atoms with Crippen LogP contribution in [0.1, 0.15) is 64.0 Å². The van der Waals surface area contributed by atoms with Gasteiger partial charge in [-0.05, 0) is 66.8 Å². The summed E-state index contributed by atoms with van der Waals surface area (Å²) in [5, 5.41) is 15.6. The van der Waals surface area contributed by atoms with E-state index >= 15 is 0 Å². The summed E-state index contributed by atoms with van der Waals surface area (Å²) in [5.41, 5.74) is 2.31. The third-order valence-corrected chi connectivity index (χ3v) is 6.10. The van der Waals surface area contributed by atoms with Gasteiger partial charge in [-0.25, -0.2) is 10.3 Å². The van der Waals surface area contributed by atoms with Crippen molar-refractivity contribution < 1.29 is 24.3 Å². The molecule has 2 rings (SSSR count). The van der Waals surface area contributed by atoms with E-state index in [0.29, 0.717) is 12.0 Å². The maximum Gasteiger partial charge on any atom is 0.333 e.